The molecule has 3 unspecified atom stereocenters. The zero-order valence-corrected chi connectivity index (χ0v) is 48.6. The first-order valence-corrected chi connectivity index (χ1v) is 32.5. The molecule has 0 spiro atoms. The average Bonchev–Trinajstić information content (AvgIpc) is 3.32. The first-order chi connectivity index (χ1) is 34.0. The lowest BCUT2D eigenvalue weighted by molar-refractivity contribution is -0.870. The predicted molar refractivity (Wildman–Crippen MR) is 302 cm³/mol. The SMILES string of the molecule is CCCCCCCCC/C=C\CCCCCCCC(=O)NC(COP(=O)([O-])OCC[N+](C)(C)C)C(O)CCCCCCCCCCCCCCCCCCCCCCCCCCCCCCCCCC. The van der Waals surface area contributed by atoms with Gasteiger partial charge in [-0.15, -0.1) is 0 Å². The molecule has 0 aromatic heterocycles. The maximum absolute atomic E-state index is 13.0. The smallest absolute Gasteiger partial charge is 0.268 e. The van der Waals surface area contributed by atoms with Gasteiger partial charge in [-0.25, -0.2) is 0 Å². The fraction of sp³-hybridized carbons (Fsp3) is 0.951. The number of nitrogens with zero attached hydrogens (tertiary/aromatic N) is 1. The van der Waals surface area contributed by atoms with Crippen molar-refractivity contribution in [2.75, 3.05) is 40.9 Å². The number of aliphatic hydroxyl groups is 1. The number of carbonyl (C=O) groups is 1. The second-order valence-electron chi connectivity index (χ2n) is 22.8. The van der Waals surface area contributed by atoms with Gasteiger partial charge in [0.05, 0.1) is 39.9 Å². The van der Waals surface area contributed by atoms with Gasteiger partial charge < -0.3 is 28.8 Å². The molecule has 0 aliphatic rings. The molecule has 0 saturated carbocycles. The van der Waals surface area contributed by atoms with Crippen LogP contribution >= 0.6 is 7.82 Å². The van der Waals surface area contributed by atoms with Crippen LogP contribution in [0.15, 0.2) is 12.2 Å². The van der Waals surface area contributed by atoms with Crippen molar-refractivity contribution in [3.63, 3.8) is 0 Å². The van der Waals surface area contributed by atoms with E-state index >= 15 is 0 Å². The Morgan fingerprint density at radius 1 is 0.486 bits per heavy atom. The Morgan fingerprint density at radius 2 is 0.786 bits per heavy atom. The van der Waals surface area contributed by atoms with Gasteiger partial charge in [-0.2, -0.15) is 0 Å². The fourth-order valence-electron chi connectivity index (χ4n) is 9.63. The third-order valence-electron chi connectivity index (χ3n) is 14.5. The zero-order chi connectivity index (χ0) is 51.3. The first-order valence-electron chi connectivity index (χ1n) is 31.0. The summed E-state index contributed by atoms with van der Waals surface area (Å²) in [5, 5.41) is 14.0. The van der Waals surface area contributed by atoms with E-state index in [0.29, 0.717) is 23.9 Å². The lowest BCUT2D eigenvalue weighted by Crippen LogP contribution is -2.46. The van der Waals surface area contributed by atoms with Crippen molar-refractivity contribution >= 4 is 13.7 Å². The highest BCUT2D eigenvalue weighted by Gasteiger charge is 2.24. The van der Waals surface area contributed by atoms with Gasteiger partial charge in [-0.1, -0.05) is 289 Å². The van der Waals surface area contributed by atoms with Gasteiger partial charge >= 0.3 is 0 Å². The highest BCUT2D eigenvalue weighted by Crippen LogP contribution is 2.38. The van der Waals surface area contributed by atoms with Gasteiger partial charge in [0, 0.05) is 6.42 Å². The van der Waals surface area contributed by atoms with E-state index in [-0.39, 0.29) is 19.1 Å². The monoisotopic (exact) mass is 1010 g/mol. The van der Waals surface area contributed by atoms with Crippen LogP contribution in [0.5, 0.6) is 0 Å². The van der Waals surface area contributed by atoms with Crippen molar-refractivity contribution in [1.82, 2.24) is 5.32 Å². The zero-order valence-electron chi connectivity index (χ0n) is 47.8. The van der Waals surface area contributed by atoms with Crippen molar-refractivity contribution in [2.45, 2.75) is 334 Å². The minimum atomic E-state index is -4.57. The van der Waals surface area contributed by atoms with Gasteiger partial charge in [0.25, 0.3) is 7.82 Å². The number of phosphoric acid groups is 1. The summed E-state index contributed by atoms with van der Waals surface area (Å²) in [7, 11) is 1.31. The van der Waals surface area contributed by atoms with Gasteiger partial charge in [0.1, 0.15) is 13.2 Å². The highest BCUT2D eigenvalue weighted by atomic mass is 31.2. The molecule has 0 heterocycles. The molecule has 70 heavy (non-hydrogen) atoms. The summed E-state index contributed by atoms with van der Waals surface area (Å²) in [6.45, 7) is 4.76. The first kappa shape index (κ1) is 69.2. The number of phosphoric ester groups is 1. The molecule has 0 aromatic rings. The van der Waals surface area contributed by atoms with E-state index in [0.717, 1.165) is 51.4 Å². The molecular weight excluding hydrogens is 888 g/mol. The minimum absolute atomic E-state index is 0.0130. The van der Waals surface area contributed by atoms with E-state index in [4.69, 9.17) is 9.05 Å². The Hall–Kier alpha value is -0.760. The van der Waals surface area contributed by atoms with Crippen LogP contribution in [0.2, 0.25) is 0 Å². The van der Waals surface area contributed by atoms with Crippen LogP contribution in [0.1, 0.15) is 322 Å². The number of amides is 1. The molecule has 8 nitrogen and oxygen atoms in total. The fourth-order valence-corrected chi connectivity index (χ4v) is 10.4. The Balaban J connectivity index is 4.00. The van der Waals surface area contributed by atoms with Crippen LogP contribution in [-0.2, 0) is 18.4 Å². The van der Waals surface area contributed by atoms with Gasteiger partial charge in [-0.05, 0) is 38.5 Å². The third-order valence-corrected chi connectivity index (χ3v) is 15.5. The summed E-state index contributed by atoms with van der Waals surface area (Å²) < 4.78 is 23.4. The normalized spacial score (nSPS) is 13.9. The van der Waals surface area contributed by atoms with Crippen LogP contribution < -0.4 is 10.2 Å². The number of nitrogens with one attached hydrogen (secondary N) is 1. The molecule has 9 heteroatoms. The molecule has 0 fully saturated rings. The highest BCUT2D eigenvalue weighted by molar-refractivity contribution is 7.45. The second kappa shape index (κ2) is 53.1. The molecular formula is C61H123N2O6P. The molecule has 0 radical (unpaired) electrons. The molecule has 0 bridgehead atoms. The summed E-state index contributed by atoms with van der Waals surface area (Å²) in [5.41, 5.74) is 0. The third kappa shape index (κ3) is 55.0. The maximum atomic E-state index is 13.0. The summed E-state index contributed by atoms with van der Waals surface area (Å²) in [4.78, 5) is 25.5. The number of aliphatic hydroxyl groups excluding tert-OH is 1. The van der Waals surface area contributed by atoms with Crippen molar-refractivity contribution in [2.24, 2.45) is 0 Å². The number of unbranched alkanes of at least 4 members (excludes halogenated alkanes) is 43. The van der Waals surface area contributed by atoms with Crippen LogP contribution in [0.3, 0.4) is 0 Å². The number of likely N-dealkylation sites (N-methyl/N-ethyl adjacent to an activating group) is 1. The van der Waals surface area contributed by atoms with Crippen LogP contribution in [0, 0.1) is 0 Å². The largest absolute Gasteiger partial charge is 0.756 e. The summed E-state index contributed by atoms with van der Waals surface area (Å²) in [5.74, 6) is -0.168. The van der Waals surface area contributed by atoms with E-state index < -0.39 is 20.0 Å². The summed E-state index contributed by atoms with van der Waals surface area (Å²) in [6, 6.07) is -0.803. The maximum Gasteiger partial charge on any atom is 0.268 e. The quantitative estimate of drug-likeness (QED) is 0.0272. The van der Waals surface area contributed by atoms with Crippen molar-refractivity contribution in [3.8, 4) is 0 Å². The lowest BCUT2D eigenvalue weighted by Gasteiger charge is -2.30. The molecule has 0 rings (SSSR count). The molecule has 3 atom stereocenters. The number of allylic oxidation sites excluding steroid dienone is 2. The van der Waals surface area contributed by atoms with E-state index in [9.17, 15) is 19.4 Å². The second-order valence-corrected chi connectivity index (χ2v) is 24.2. The molecule has 418 valence electrons. The number of carbonyl (C=O) groups excluding carboxylic acids is 1. The van der Waals surface area contributed by atoms with E-state index in [1.807, 2.05) is 21.1 Å². The molecule has 0 aliphatic heterocycles. The van der Waals surface area contributed by atoms with Crippen molar-refractivity contribution in [3.05, 3.63) is 12.2 Å². The number of hydrogen-bond donors (Lipinski definition) is 2. The summed E-state index contributed by atoms with van der Waals surface area (Å²) in [6.07, 6.45) is 65.6. The van der Waals surface area contributed by atoms with Gasteiger partial charge in [-0.3, -0.25) is 9.36 Å². The Labute approximate surface area is 437 Å². The van der Waals surface area contributed by atoms with Crippen molar-refractivity contribution < 1.29 is 32.9 Å². The molecule has 0 aromatic carbocycles. The van der Waals surface area contributed by atoms with Gasteiger partial charge in [0.15, 0.2) is 0 Å². The Kier molecular flexibility index (Phi) is 52.5. The minimum Gasteiger partial charge on any atom is -0.756 e. The number of quaternary nitrogens is 1. The average molecular weight is 1010 g/mol. The van der Waals surface area contributed by atoms with Crippen LogP contribution in [0.25, 0.3) is 0 Å². The van der Waals surface area contributed by atoms with Gasteiger partial charge in [0.2, 0.25) is 5.91 Å². The lowest BCUT2D eigenvalue weighted by atomic mass is 10.0. The van der Waals surface area contributed by atoms with E-state index in [2.05, 4.69) is 31.3 Å². The van der Waals surface area contributed by atoms with Crippen LogP contribution in [0.4, 0.5) is 0 Å². The number of hydrogen-bond acceptors (Lipinski definition) is 6. The van der Waals surface area contributed by atoms with E-state index in [1.165, 1.54) is 244 Å². The standard InChI is InChI=1S/C61H123N2O6P/c1-6-8-10-12-14-16-18-20-22-24-25-26-27-28-29-30-31-32-33-34-35-36-37-38-39-40-42-44-46-48-50-52-54-60(64)59(58-69-70(66,67)68-57-56-63(3,4)5)62-61(65)55-53-51-49-47-45-43-41-23-21-19-17-15-13-11-9-7-2/h23,41,59-60,64H,6-22,24-40,42-58H2,1-5H3,(H-,62,65,66,67)/b41-23-. The molecule has 0 aliphatic carbocycles. The van der Waals surface area contributed by atoms with E-state index in [1.54, 1.807) is 0 Å². The topological polar surface area (TPSA) is 108 Å². The van der Waals surface area contributed by atoms with Crippen LogP contribution in [-0.4, -0.2) is 68.5 Å². The Bertz CT molecular complexity index is 1150. The molecule has 0 saturated heterocycles. The summed E-state index contributed by atoms with van der Waals surface area (Å²) >= 11 is 0. The Morgan fingerprint density at radius 3 is 1.11 bits per heavy atom. The molecule has 1 amide bonds. The predicted octanol–water partition coefficient (Wildman–Crippen LogP) is 18.4. The molecule has 2 N–H and O–H groups in total. The van der Waals surface area contributed by atoms with Crippen molar-refractivity contribution in [1.29, 1.82) is 0 Å². The number of rotatable bonds is 58.